The highest BCUT2D eigenvalue weighted by molar-refractivity contribution is 6.08. The van der Waals surface area contributed by atoms with Crippen LogP contribution in [0.1, 0.15) is 21.5 Å². The highest BCUT2D eigenvalue weighted by Gasteiger charge is 2.29. The van der Waals surface area contributed by atoms with Crippen molar-refractivity contribution in [1.82, 2.24) is 0 Å². The highest BCUT2D eigenvalue weighted by Crippen LogP contribution is 2.41. The number of ether oxygens (including phenoxy) is 1. The molecule has 0 N–H and O–H groups in total. The molecule has 1 amide bonds. The molecular weight excluding hydrogens is 254 g/mol. The molecule has 2 aromatic rings. The largest absolute Gasteiger partial charge is 0.454 e. The number of hydroxylamine groups is 1. The Bertz CT molecular complexity index is 694. The Kier molecular flexibility index (Phi) is 2.95. The minimum Gasteiger partial charge on any atom is -0.454 e. The fourth-order valence-corrected chi connectivity index (χ4v) is 2.31. The monoisotopic (exact) mass is 269 g/mol. The van der Waals surface area contributed by atoms with Crippen molar-refractivity contribution in [2.75, 3.05) is 12.2 Å². The van der Waals surface area contributed by atoms with Gasteiger partial charge in [0.2, 0.25) is 0 Å². The lowest BCUT2D eigenvalue weighted by molar-refractivity contribution is 0.0775. The van der Waals surface area contributed by atoms with Gasteiger partial charge in [-0.05, 0) is 43.2 Å². The summed E-state index contributed by atoms with van der Waals surface area (Å²) in [6.07, 6.45) is 0. The zero-order valence-corrected chi connectivity index (χ0v) is 11.6. The van der Waals surface area contributed by atoms with Crippen molar-refractivity contribution in [2.45, 2.75) is 13.8 Å². The number of hydrogen-bond acceptors (Lipinski definition) is 3. The molecule has 0 saturated heterocycles. The Labute approximate surface area is 117 Å². The van der Waals surface area contributed by atoms with Crippen molar-refractivity contribution >= 4 is 11.6 Å². The summed E-state index contributed by atoms with van der Waals surface area (Å²) in [5, 5.41) is 1.27. The van der Waals surface area contributed by atoms with E-state index >= 15 is 0 Å². The number of fused-ring (bicyclic) bond motifs is 2. The highest BCUT2D eigenvalue weighted by atomic mass is 16.7. The summed E-state index contributed by atoms with van der Waals surface area (Å²) in [7, 11) is 1.48. The van der Waals surface area contributed by atoms with Crippen LogP contribution in [0.15, 0.2) is 36.4 Å². The lowest BCUT2D eigenvalue weighted by Crippen LogP contribution is -2.28. The molecule has 20 heavy (non-hydrogen) atoms. The van der Waals surface area contributed by atoms with Crippen LogP contribution >= 0.6 is 0 Å². The third-order valence-corrected chi connectivity index (χ3v) is 3.57. The second kappa shape index (κ2) is 4.65. The van der Waals surface area contributed by atoms with Crippen molar-refractivity contribution in [1.29, 1.82) is 0 Å². The molecule has 4 heteroatoms. The number of amides is 1. The van der Waals surface area contributed by atoms with Gasteiger partial charge in [0, 0.05) is 0 Å². The second-order valence-corrected chi connectivity index (χ2v) is 4.74. The molecule has 1 aliphatic heterocycles. The van der Waals surface area contributed by atoms with Gasteiger partial charge in [0.25, 0.3) is 5.91 Å². The maximum atomic E-state index is 12.5. The number of benzene rings is 2. The molecule has 0 bridgehead atoms. The van der Waals surface area contributed by atoms with E-state index in [2.05, 4.69) is 0 Å². The molecule has 1 aliphatic rings. The minimum absolute atomic E-state index is 0.231. The van der Waals surface area contributed by atoms with Gasteiger partial charge in [-0.2, -0.15) is 5.06 Å². The molecule has 0 spiro atoms. The van der Waals surface area contributed by atoms with Crippen LogP contribution in [0.4, 0.5) is 5.69 Å². The van der Waals surface area contributed by atoms with Crippen molar-refractivity contribution in [3.05, 3.63) is 53.1 Å². The number of nitrogens with zero attached hydrogens (tertiary/aromatic N) is 1. The van der Waals surface area contributed by atoms with Crippen LogP contribution in [-0.4, -0.2) is 13.0 Å². The van der Waals surface area contributed by atoms with Gasteiger partial charge in [-0.25, -0.2) is 0 Å². The summed E-state index contributed by atoms with van der Waals surface area (Å²) in [6.45, 7) is 3.98. The lowest BCUT2D eigenvalue weighted by Gasteiger charge is -2.20. The molecule has 0 radical (unpaired) electrons. The Balaban J connectivity index is 2.29. The number of carbonyl (C=O) groups is 1. The predicted molar refractivity (Wildman–Crippen MR) is 76.3 cm³/mol. The molecule has 2 aromatic carbocycles. The van der Waals surface area contributed by atoms with E-state index < -0.39 is 0 Å². The summed E-state index contributed by atoms with van der Waals surface area (Å²) < 4.78 is 5.97. The Hall–Kier alpha value is -2.33. The standard InChI is InChI=1S/C16H15NO3/c1-10-8-9-13-15(11(10)2)20-14-7-5-4-6-12(14)16(18)17(13)19-3/h4-9H,1-3H3. The number of para-hydroxylation sites is 1. The number of hydrogen-bond donors (Lipinski definition) is 0. The van der Waals surface area contributed by atoms with E-state index in [1.165, 1.54) is 12.2 Å². The maximum absolute atomic E-state index is 12.5. The van der Waals surface area contributed by atoms with E-state index in [-0.39, 0.29) is 5.91 Å². The third-order valence-electron chi connectivity index (χ3n) is 3.57. The van der Waals surface area contributed by atoms with Gasteiger partial charge in [0.15, 0.2) is 5.75 Å². The summed E-state index contributed by atoms with van der Waals surface area (Å²) in [6, 6.07) is 11.0. The van der Waals surface area contributed by atoms with Gasteiger partial charge in [-0.3, -0.25) is 9.63 Å². The van der Waals surface area contributed by atoms with Crippen LogP contribution in [0.2, 0.25) is 0 Å². The molecular formula is C16H15NO3. The van der Waals surface area contributed by atoms with Crippen LogP contribution in [0.25, 0.3) is 0 Å². The van der Waals surface area contributed by atoms with E-state index in [4.69, 9.17) is 9.57 Å². The fourth-order valence-electron chi connectivity index (χ4n) is 2.31. The topological polar surface area (TPSA) is 38.8 Å². The van der Waals surface area contributed by atoms with E-state index in [1.54, 1.807) is 12.1 Å². The SMILES string of the molecule is CON1C(=O)c2ccccc2Oc2c1ccc(C)c2C. The smallest absolute Gasteiger partial charge is 0.286 e. The van der Waals surface area contributed by atoms with Gasteiger partial charge in [0.05, 0.1) is 12.7 Å². The van der Waals surface area contributed by atoms with E-state index in [0.29, 0.717) is 22.7 Å². The van der Waals surface area contributed by atoms with Crippen LogP contribution in [0.3, 0.4) is 0 Å². The number of aryl methyl sites for hydroxylation is 1. The summed E-state index contributed by atoms with van der Waals surface area (Å²) in [5.74, 6) is 0.974. The van der Waals surface area contributed by atoms with Gasteiger partial charge < -0.3 is 4.74 Å². The number of carbonyl (C=O) groups excluding carboxylic acids is 1. The number of anilines is 1. The molecule has 1 heterocycles. The third kappa shape index (κ3) is 1.77. The van der Waals surface area contributed by atoms with Crippen LogP contribution in [-0.2, 0) is 4.84 Å². The molecule has 0 saturated carbocycles. The summed E-state index contributed by atoms with van der Waals surface area (Å²) in [5.41, 5.74) is 3.21. The van der Waals surface area contributed by atoms with Crippen molar-refractivity contribution in [3.8, 4) is 11.5 Å². The van der Waals surface area contributed by atoms with Crippen molar-refractivity contribution in [3.63, 3.8) is 0 Å². The fraction of sp³-hybridized carbons (Fsp3) is 0.188. The van der Waals surface area contributed by atoms with E-state index in [0.717, 1.165) is 11.1 Å². The van der Waals surface area contributed by atoms with Gasteiger partial charge >= 0.3 is 0 Å². The molecule has 0 fully saturated rings. The number of rotatable bonds is 1. The minimum atomic E-state index is -0.231. The zero-order valence-electron chi connectivity index (χ0n) is 11.6. The molecule has 3 rings (SSSR count). The zero-order chi connectivity index (χ0) is 14.3. The van der Waals surface area contributed by atoms with Gasteiger partial charge in [-0.15, -0.1) is 0 Å². The first-order valence-electron chi connectivity index (χ1n) is 6.39. The Morgan fingerprint density at radius 1 is 1.10 bits per heavy atom. The van der Waals surface area contributed by atoms with E-state index in [1.807, 2.05) is 38.1 Å². The lowest BCUT2D eigenvalue weighted by atomic mass is 10.1. The first kappa shape index (κ1) is 12.7. The van der Waals surface area contributed by atoms with Crippen LogP contribution in [0, 0.1) is 13.8 Å². The average Bonchev–Trinajstić information content (AvgIpc) is 2.58. The molecule has 0 aliphatic carbocycles. The van der Waals surface area contributed by atoms with E-state index in [9.17, 15) is 4.79 Å². The Morgan fingerprint density at radius 3 is 2.60 bits per heavy atom. The first-order valence-corrected chi connectivity index (χ1v) is 6.39. The van der Waals surface area contributed by atoms with Crippen molar-refractivity contribution < 1.29 is 14.4 Å². The van der Waals surface area contributed by atoms with Crippen LogP contribution in [0.5, 0.6) is 11.5 Å². The van der Waals surface area contributed by atoms with Gasteiger partial charge in [0.1, 0.15) is 11.4 Å². The Morgan fingerprint density at radius 2 is 1.85 bits per heavy atom. The summed E-state index contributed by atoms with van der Waals surface area (Å²) >= 11 is 0. The van der Waals surface area contributed by atoms with Crippen molar-refractivity contribution in [2.24, 2.45) is 0 Å². The normalized spacial score (nSPS) is 13.3. The predicted octanol–water partition coefficient (Wildman–Crippen LogP) is 3.62. The van der Waals surface area contributed by atoms with Crippen LogP contribution < -0.4 is 9.80 Å². The average molecular weight is 269 g/mol. The quantitative estimate of drug-likeness (QED) is 0.793. The second-order valence-electron chi connectivity index (χ2n) is 4.74. The van der Waals surface area contributed by atoms with Gasteiger partial charge in [-0.1, -0.05) is 18.2 Å². The summed E-state index contributed by atoms with van der Waals surface area (Å²) in [4.78, 5) is 17.8. The maximum Gasteiger partial charge on any atom is 0.286 e. The molecule has 0 unspecified atom stereocenters. The molecule has 0 atom stereocenters. The molecule has 4 nitrogen and oxygen atoms in total. The first-order chi connectivity index (χ1) is 9.63. The molecule has 0 aromatic heterocycles. The molecule has 102 valence electrons.